The largest absolute Gasteiger partial charge is 0.357 e. The molecule has 2 aromatic rings. The molecule has 3 heterocycles. The fourth-order valence-electron chi connectivity index (χ4n) is 3.08. The molecule has 0 saturated heterocycles. The van der Waals surface area contributed by atoms with Crippen LogP contribution in [0.1, 0.15) is 43.7 Å². The first-order chi connectivity index (χ1) is 12.0. The van der Waals surface area contributed by atoms with Crippen molar-refractivity contribution in [3.05, 3.63) is 34.0 Å². The first kappa shape index (κ1) is 17.9. The van der Waals surface area contributed by atoms with Crippen LogP contribution in [-0.4, -0.2) is 39.9 Å². The summed E-state index contributed by atoms with van der Waals surface area (Å²) in [6, 6.07) is 4.63. The van der Waals surface area contributed by atoms with Crippen molar-refractivity contribution in [2.75, 3.05) is 13.1 Å². The van der Waals surface area contributed by atoms with Crippen molar-refractivity contribution in [3.8, 4) is 0 Å². The smallest absolute Gasteiger partial charge is 0.191 e. The van der Waals surface area contributed by atoms with Gasteiger partial charge in [-0.2, -0.15) is 5.10 Å². The highest BCUT2D eigenvalue weighted by Gasteiger charge is 2.24. The van der Waals surface area contributed by atoms with E-state index in [1.807, 2.05) is 11.6 Å². The number of nitrogens with one attached hydrogen (secondary N) is 2. The van der Waals surface area contributed by atoms with Gasteiger partial charge in [-0.15, -0.1) is 11.3 Å². The number of aliphatic imine (C=N–C) groups is 1. The number of aryl methyl sites for hydroxylation is 2. The number of hydrogen-bond acceptors (Lipinski definition) is 4. The average molecular weight is 361 g/mol. The molecule has 7 heteroatoms. The molecule has 1 atom stereocenters. The molecule has 6 nitrogen and oxygen atoms in total. The molecule has 1 aliphatic heterocycles. The molecule has 2 N–H and O–H groups in total. The molecule has 0 radical (unpaired) electrons. The summed E-state index contributed by atoms with van der Waals surface area (Å²) in [5.74, 6) is 2.84. The molecule has 2 aromatic heterocycles. The summed E-state index contributed by atoms with van der Waals surface area (Å²) >= 11 is 1.80. The number of aromatic nitrogens is 3. The van der Waals surface area contributed by atoms with E-state index in [2.05, 4.69) is 59.0 Å². The zero-order valence-corrected chi connectivity index (χ0v) is 16.4. The monoisotopic (exact) mass is 360 g/mol. The Kier molecular flexibility index (Phi) is 5.42. The summed E-state index contributed by atoms with van der Waals surface area (Å²) in [5.41, 5.74) is 0.0409. The lowest BCUT2D eigenvalue weighted by atomic mass is 9.92. The molecular weight excluding hydrogens is 332 g/mol. The van der Waals surface area contributed by atoms with Gasteiger partial charge >= 0.3 is 0 Å². The minimum atomic E-state index is 0.0409. The SMILES string of the molecule is CCNC(=NCC(C)(C)c1cccs1)NC1CCc2nc(C)nn2C1. The van der Waals surface area contributed by atoms with Crippen LogP contribution in [-0.2, 0) is 18.4 Å². The van der Waals surface area contributed by atoms with Gasteiger partial charge in [-0.3, -0.25) is 4.99 Å². The number of rotatable bonds is 5. The van der Waals surface area contributed by atoms with Gasteiger partial charge in [0.05, 0.1) is 13.1 Å². The van der Waals surface area contributed by atoms with Crippen LogP contribution in [0.5, 0.6) is 0 Å². The van der Waals surface area contributed by atoms with E-state index in [0.717, 1.165) is 50.1 Å². The van der Waals surface area contributed by atoms with Gasteiger partial charge in [-0.05, 0) is 31.7 Å². The molecule has 0 saturated carbocycles. The third-order valence-electron chi connectivity index (χ3n) is 4.47. The van der Waals surface area contributed by atoms with E-state index in [1.54, 1.807) is 11.3 Å². The molecule has 0 aliphatic carbocycles. The number of nitrogens with zero attached hydrogens (tertiary/aromatic N) is 4. The number of thiophene rings is 1. The standard InChI is InChI=1S/C18H28N6S/c1-5-19-17(20-12-18(3,4)15-7-6-10-25-15)22-14-8-9-16-21-13(2)23-24(16)11-14/h6-7,10,14H,5,8-9,11-12H2,1-4H3,(H2,19,20,22). The van der Waals surface area contributed by atoms with Crippen molar-refractivity contribution in [2.24, 2.45) is 4.99 Å². The van der Waals surface area contributed by atoms with Gasteiger partial charge in [-0.1, -0.05) is 19.9 Å². The average Bonchev–Trinajstić information content (AvgIpc) is 3.21. The molecule has 0 aromatic carbocycles. The molecule has 0 spiro atoms. The van der Waals surface area contributed by atoms with Gasteiger partial charge in [-0.25, -0.2) is 9.67 Å². The first-order valence-corrected chi connectivity index (χ1v) is 9.85. The lowest BCUT2D eigenvalue weighted by Gasteiger charge is -2.26. The predicted octanol–water partition coefficient (Wildman–Crippen LogP) is 2.50. The van der Waals surface area contributed by atoms with Crippen molar-refractivity contribution in [2.45, 2.75) is 58.5 Å². The van der Waals surface area contributed by atoms with Gasteiger partial charge in [0.15, 0.2) is 5.96 Å². The second-order valence-corrected chi connectivity index (χ2v) is 8.14. The second-order valence-electron chi connectivity index (χ2n) is 7.19. The quantitative estimate of drug-likeness (QED) is 0.635. The Morgan fingerprint density at radius 3 is 3.04 bits per heavy atom. The normalized spacial score (nSPS) is 18.1. The molecule has 136 valence electrons. The third kappa shape index (κ3) is 4.39. The summed E-state index contributed by atoms with van der Waals surface area (Å²) in [6.45, 7) is 11.0. The Balaban J connectivity index is 1.65. The molecule has 1 aliphatic rings. The van der Waals surface area contributed by atoms with Gasteiger partial charge in [0.25, 0.3) is 0 Å². The van der Waals surface area contributed by atoms with Crippen LogP contribution >= 0.6 is 11.3 Å². The Morgan fingerprint density at radius 1 is 1.48 bits per heavy atom. The highest BCUT2D eigenvalue weighted by Crippen LogP contribution is 2.27. The topological polar surface area (TPSA) is 67.1 Å². The van der Waals surface area contributed by atoms with Gasteiger partial charge in [0, 0.05) is 29.3 Å². The number of fused-ring (bicyclic) bond motifs is 1. The fraction of sp³-hybridized carbons (Fsp3) is 0.611. The summed E-state index contributed by atoms with van der Waals surface area (Å²) in [5, 5.41) is 13.6. The third-order valence-corrected chi connectivity index (χ3v) is 5.71. The fourth-order valence-corrected chi connectivity index (χ4v) is 3.93. The Morgan fingerprint density at radius 2 is 2.32 bits per heavy atom. The maximum absolute atomic E-state index is 4.85. The zero-order valence-electron chi connectivity index (χ0n) is 15.5. The summed E-state index contributed by atoms with van der Waals surface area (Å²) in [6.07, 6.45) is 2.01. The lowest BCUT2D eigenvalue weighted by molar-refractivity contribution is 0.392. The van der Waals surface area contributed by atoms with Crippen LogP contribution in [0.3, 0.4) is 0 Å². The van der Waals surface area contributed by atoms with Gasteiger partial charge in [0.1, 0.15) is 11.6 Å². The number of hydrogen-bond donors (Lipinski definition) is 2. The van der Waals surface area contributed by atoms with E-state index in [-0.39, 0.29) is 5.41 Å². The van der Waals surface area contributed by atoms with E-state index < -0.39 is 0 Å². The van der Waals surface area contributed by atoms with E-state index in [4.69, 9.17) is 4.99 Å². The molecule has 1 unspecified atom stereocenters. The zero-order chi connectivity index (χ0) is 17.9. The Labute approximate surface area is 153 Å². The molecular formula is C18H28N6S. The van der Waals surface area contributed by atoms with Crippen molar-refractivity contribution in [3.63, 3.8) is 0 Å². The summed E-state index contributed by atoms with van der Waals surface area (Å²) in [7, 11) is 0. The maximum atomic E-state index is 4.85. The number of guanidine groups is 1. The maximum Gasteiger partial charge on any atom is 0.191 e. The molecule has 0 fully saturated rings. The van der Waals surface area contributed by atoms with Crippen molar-refractivity contribution in [1.82, 2.24) is 25.4 Å². The van der Waals surface area contributed by atoms with Gasteiger partial charge < -0.3 is 10.6 Å². The van der Waals surface area contributed by atoms with Crippen LogP contribution in [0.2, 0.25) is 0 Å². The van der Waals surface area contributed by atoms with Crippen molar-refractivity contribution < 1.29 is 0 Å². The lowest BCUT2D eigenvalue weighted by Crippen LogP contribution is -2.47. The van der Waals surface area contributed by atoms with Crippen LogP contribution < -0.4 is 10.6 Å². The van der Waals surface area contributed by atoms with Crippen LogP contribution in [0.4, 0.5) is 0 Å². The van der Waals surface area contributed by atoms with E-state index in [9.17, 15) is 0 Å². The molecule has 0 amide bonds. The predicted molar refractivity (Wildman–Crippen MR) is 103 cm³/mol. The minimum Gasteiger partial charge on any atom is -0.357 e. The van der Waals surface area contributed by atoms with Crippen LogP contribution in [0, 0.1) is 6.92 Å². The highest BCUT2D eigenvalue weighted by atomic mass is 32.1. The van der Waals surface area contributed by atoms with Crippen LogP contribution in [0.25, 0.3) is 0 Å². The minimum absolute atomic E-state index is 0.0409. The molecule has 25 heavy (non-hydrogen) atoms. The van der Waals surface area contributed by atoms with Crippen molar-refractivity contribution >= 4 is 17.3 Å². The van der Waals surface area contributed by atoms with E-state index in [1.165, 1.54) is 4.88 Å². The van der Waals surface area contributed by atoms with Crippen LogP contribution in [0.15, 0.2) is 22.5 Å². The van der Waals surface area contributed by atoms with E-state index in [0.29, 0.717) is 6.04 Å². The summed E-state index contributed by atoms with van der Waals surface area (Å²) < 4.78 is 2.02. The van der Waals surface area contributed by atoms with E-state index >= 15 is 0 Å². The van der Waals surface area contributed by atoms with Gasteiger partial charge in [0.2, 0.25) is 0 Å². The molecule has 0 bridgehead atoms. The van der Waals surface area contributed by atoms with Crippen molar-refractivity contribution in [1.29, 1.82) is 0 Å². The first-order valence-electron chi connectivity index (χ1n) is 8.97. The Bertz CT molecular complexity index is 716. The summed E-state index contributed by atoms with van der Waals surface area (Å²) in [4.78, 5) is 10.7. The molecule has 3 rings (SSSR count). The Hall–Kier alpha value is -1.89. The second kappa shape index (κ2) is 7.56. The highest BCUT2D eigenvalue weighted by molar-refractivity contribution is 7.10.